The third-order valence-corrected chi connectivity index (χ3v) is 4.39. The molecule has 1 aromatic heterocycles. The molecule has 0 saturated carbocycles. The van der Waals surface area contributed by atoms with Gasteiger partial charge in [0.05, 0.1) is 18.6 Å². The van der Waals surface area contributed by atoms with Crippen molar-refractivity contribution in [3.63, 3.8) is 0 Å². The van der Waals surface area contributed by atoms with Crippen LogP contribution < -0.4 is 0 Å². The van der Waals surface area contributed by atoms with Gasteiger partial charge < -0.3 is 9.52 Å². The van der Waals surface area contributed by atoms with Gasteiger partial charge in [-0.1, -0.05) is 28.1 Å². The first-order valence-corrected chi connectivity index (χ1v) is 8.13. The smallest absolute Gasteiger partial charge is 0.210 e. The van der Waals surface area contributed by atoms with Crippen LogP contribution in [0.15, 0.2) is 39.4 Å². The number of benzene rings is 1. The lowest BCUT2D eigenvalue weighted by Gasteiger charge is -1.99. The number of hydrogen-bond acceptors (Lipinski definition) is 5. The van der Waals surface area contributed by atoms with Gasteiger partial charge in [-0.15, -0.1) is 0 Å². The number of nitrogens with zero attached hydrogens (tertiary/aromatic N) is 1. The van der Waals surface area contributed by atoms with Crippen molar-refractivity contribution in [3.05, 3.63) is 40.8 Å². The SMILES string of the molecule is O=S(=O)(CCO)Cc1ncc(-c2cccc(Br)c2)o1. The molecule has 19 heavy (non-hydrogen) atoms. The van der Waals surface area contributed by atoms with Crippen LogP contribution in [0.1, 0.15) is 5.89 Å². The van der Waals surface area contributed by atoms with Gasteiger partial charge in [0.15, 0.2) is 15.6 Å². The molecule has 0 fully saturated rings. The lowest BCUT2D eigenvalue weighted by Crippen LogP contribution is -2.12. The summed E-state index contributed by atoms with van der Waals surface area (Å²) in [6.45, 7) is -0.401. The van der Waals surface area contributed by atoms with Crippen molar-refractivity contribution in [1.29, 1.82) is 0 Å². The molecular weight excluding hydrogens is 334 g/mol. The molecule has 0 radical (unpaired) electrons. The van der Waals surface area contributed by atoms with Crippen LogP contribution in [-0.4, -0.2) is 30.9 Å². The maximum Gasteiger partial charge on any atom is 0.210 e. The summed E-state index contributed by atoms with van der Waals surface area (Å²) >= 11 is 3.35. The number of sulfone groups is 1. The largest absolute Gasteiger partial charge is 0.440 e. The summed E-state index contributed by atoms with van der Waals surface area (Å²) in [7, 11) is -3.38. The van der Waals surface area contributed by atoms with Crippen molar-refractivity contribution in [1.82, 2.24) is 4.98 Å². The van der Waals surface area contributed by atoms with Crippen molar-refractivity contribution in [3.8, 4) is 11.3 Å². The maximum absolute atomic E-state index is 11.5. The highest BCUT2D eigenvalue weighted by Gasteiger charge is 2.16. The van der Waals surface area contributed by atoms with Crippen LogP contribution in [0.25, 0.3) is 11.3 Å². The number of halogens is 1. The van der Waals surface area contributed by atoms with Crippen molar-refractivity contribution in [2.24, 2.45) is 0 Å². The molecule has 0 spiro atoms. The number of aromatic nitrogens is 1. The molecular formula is C12H12BrNO4S. The minimum absolute atomic E-state index is 0.128. The third-order valence-electron chi connectivity index (χ3n) is 2.41. The van der Waals surface area contributed by atoms with Crippen LogP contribution in [0.4, 0.5) is 0 Å². The first-order chi connectivity index (χ1) is 9.00. The molecule has 5 nitrogen and oxygen atoms in total. The maximum atomic E-state index is 11.5. The first-order valence-electron chi connectivity index (χ1n) is 5.52. The van der Waals surface area contributed by atoms with E-state index in [4.69, 9.17) is 9.52 Å². The highest BCUT2D eigenvalue weighted by molar-refractivity contribution is 9.10. The van der Waals surface area contributed by atoms with E-state index in [2.05, 4.69) is 20.9 Å². The Bertz CT molecular complexity index is 666. The van der Waals surface area contributed by atoms with Crippen LogP contribution in [0.5, 0.6) is 0 Å². The molecule has 0 unspecified atom stereocenters. The Morgan fingerprint density at radius 2 is 2.16 bits per heavy atom. The normalized spacial score (nSPS) is 11.7. The van der Waals surface area contributed by atoms with Crippen LogP contribution in [0.2, 0.25) is 0 Å². The van der Waals surface area contributed by atoms with Gasteiger partial charge in [0.25, 0.3) is 0 Å². The minimum Gasteiger partial charge on any atom is -0.440 e. The van der Waals surface area contributed by atoms with Gasteiger partial charge >= 0.3 is 0 Å². The molecule has 0 bridgehead atoms. The molecule has 1 aromatic carbocycles. The molecule has 1 heterocycles. The number of rotatable bonds is 5. The van der Waals surface area contributed by atoms with Crippen LogP contribution >= 0.6 is 15.9 Å². The van der Waals surface area contributed by atoms with Gasteiger partial charge in [0, 0.05) is 10.0 Å². The average molecular weight is 346 g/mol. The van der Waals surface area contributed by atoms with Crippen molar-refractivity contribution in [2.45, 2.75) is 5.75 Å². The second-order valence-electron chi connectivity index (χ2n) is 3.94. The Kier molecular flexibility index (Phi) is 4.38. The summed E-state index contributed by atoms with van der Waals surface area (Å²) in [6.07, 6.45) is 1.49. The van der Waals surface area contributed by atoms with E-state index in [1.54, 1.807) is 0 Å². The van der Waals surface area contributed by atoms with E-state index in [1.807, 2.05) is 24.3 Å². The van der Waals surface area contributed by atoms with Crippen LogP contribution in [0.3, 0.4) is 0 Å². The summed E-state index contributed by atoms with van der Waals surface area (Å²) in [5, 5.41) is 8.66. The van der Waals surface area contributed by atoms with Crippen LogP contribution in [0, 0.1) is 0 Å². The molecule has 2 rings (SSSR count). The number of oxazole rings is 1. The van der Waals surface area contributed by atoms with Gasteiger partial charge in [0.2, 0.25) is 5.89 Å². The molecule has 0 aliphatic carbocycles. The Morgan fingerprint density at radius 1 is 1.37 bits per heavy atom. The number of hydrogen-bond donors (Lipinski definition) is 1. The van der Waals surface area contributed by atoms with Gasteiger partial charge in [-0.2, -0.15) is 0 Å². The Hall–Kier alpha value is -1.18. The van der Waals surface area contributed by atoms with Gasteiger partial charge in [-0.05, 0) is 12.1 Å². The van der Waals surface area contributed by atoms with Crippen LogP contribution in [-0.2, 0) is 15.6 Å². The zero-order valence-corrected chi connectivity index (χ0v) is 12.3. The zero-order valence-electron chi connectivity index (χ0n) is 9.91. The van der Waals surface area contributed by atoms with Gasteiger partial charge in [-0.3, -0.25) is 0 Å². The Morgan fingerprint density at radius 3 is 2.84 bits per heavy atom. The molecule has 1 N–H and O–H groups in total. The molecule has 0 aliphatic rings. The summed E-state index contributed by atoms with van der Waals surface area (Å²) in [4.78, 5) is 3.95. The fourth-order valence-corrected chi connectivity index (χ4v) is 2.88. The lowest BCUT2D eigenvalue weighted by atomic mass is 10.2. The minimum atomic E-state index is -3.38. The van der Waals surface area contributed by atoms with E-state index < -0.39 is 16.4 Å². The topological polar surface area (TPSA) is 80.4 Å². The fourth-order valence-electron chi connectivity index (χ4n) is 1.55. The lowest BCUT2D eigenvalue weighted by molar-refractivity contribution is 0.319. The van der Waals surface area contributed by atoms with E-state index in [0.717, 1.165) is 10.0 Å². The quantitative estimate of drug-likeness (QED) is 0.896. The summed E-state index contributed by atoms with van der Waals surface area (Å²) in [6, 6.07) is 7.43. The second-order valence-corrected chi connectivity index (χ2v) is 7.04. The molecule has 0 atom stereocenters. The number of aliphatic hydroxyl groups is 1. The van der Waals surface area contributed by atoms with E-state index in [9.17, 15) is 8.42 Å². The highest BCUT2D eigenvalue weighted by Crippen LogP contribution is 2.24. The fraction of sp³-hybridized carbons (Fsp3) is 0.250. The Balaban J connectivity index is 2.20. The Labute approximate surface area is 119 Å². The zero-order chi connectivity index (χ0) is 13.9. The standard InChI is InChI=1S/C12H12BrNO4S/c13-10-3-1-2-9(6-10)11-7-14-12(18-11)8-19(16,17)5-4-15/h1-3,6-7,15H,4-5,8H2. The van der Waals surface area contributed by atoms with Crippen molar-refractivity contribution >= 4 is 25.8 Å². The molecule has 2 aromatic rings. The molecule has 0 saturated heterocycles. The second kappa shape index (κ2) is 5.85. The van der Waals surface area contributed by atoms with Crippen molar-refractivity contribution in [2.75, 3.05) is 12.4 Å². The van der Waals surface area contributed by atoms with E-state index >= 15 is 0 Å². The van der Waals surface area contributed by atoms with Crippen molar-refractivity contribution < 1.29 is 17.9 Å². The van der Waals surface area contributed by atoms with Gasteiger partial charge in [-0.25, -0.2) is 13.4 Å². The summed E-state index contributed by atoms with van der Waals surface area (Å²) in [5.74, 6) is 0.0438. The number of aliphatic hydroxyl groups excluding tert-OH is 1. The predicted octanol–water partition coefficient (Wildman–Crippen LogP) is 2.01. The molecule has 0 aliphatic heterocycles. The first kappa shape index (κ1) is 14.2. The third kappa shape index (κ3) is 3.89. The molecule has 102 valence electrons. The highest BCUT2D eigenvalue weighted by atomic mass is 79.9. The predicted molar refractivity (Wildman–Crippen MR) is 74.2 cm³/mol. The van der Waals surface area contributed by atoms with Gasteiger partial charge in [0.1, 0.15) is 5.75 Å². The van der Waals surface area contributed by atoms with E-state index in [-0.39, 0.29) is 17.4 Å². The summed E-state index contributed by atoms with van der Waals surface area (Å²) in [5.41, 5.74) is 0.813. The van der Waals surface area contributed by atoms with E-state index in [0.29, 0.717) is 5.76 Å². The molecule has 7 heteroatoms. The summed E-state index contributed by atoms with van der Waals surface area (Å²) < 4.78 is 29.4. The molecule has 0 amide bonds. The monoisotopic (exact) mass is 345 g/mol. The average Bonchev–Trinajstić information content (AvgIpc) is 2.76. The van der Waals surface area contributed by atoms with E-state index in [1.165, 1.54) is 6.20 Å².